The van der Waals surface area contributed by atoms with Crippen LogP contribution in [0.2, 0.25) is 0 Å². The highest BCUT2D eigenvalue weighted by atomic mass is 16.3. The van der Waals surface area contributed by atoms with E-state index in [0.29, 0.717) is 0 Å². The molecule has 18 rings (SSSR count). The van der Waals surface area contributed by atoms with Crippen LogP contribution in [0, 0.1) is 0 Å². The second kappa shape index (κ2) is 20.8. The number of hydrogen-bond donors (Lipinski definition) is 0. The van der Waals surface area contributed by atoms with Crippen LogP contribution in [0.1, 0.15) is 109 Å². The summed E-state index contributed by atoms with van der Waals surface area (Å²) in [5.74, 6) is -0.253. The molecule has 4 heteroatoms. The van der Waals surface area contributed by atoms with Gasteiger partial charge in [-0.15, -0.1) is 0 Å². The monoisotopic (exact) mass is 1200 g/mol. The zero-order chi connectivity index (χ0) is 62.4. The smallest absolute Gasteiger partial charge is 0.135 e. The van der Waals surface area contributed by atoms with Crippen molar-refractivity contribution in [3.05, 3.63) is 335 Å². The lowest BCUT2D eigenvalue weighted by Crippen LogP contribution is -2.30. The highest BCUT2D eigenvalue weighted by Gasteiger charge is 2.44. The van der Waals surface area contributed by atoms with Gasteiger partial charge in [-0.25, -0.2) is 0 Å². The fraction of sp³-hybridized carbons (Fsp3) is 0.124. The molecule has 0 fully saturated rings. The average Bonchev–Trinajstić information content (AvgIpc) is 1.27. The van der Waals surface area contributed by atoms with Crippen LogP contribution < -0.4 is 9.80 Å². The van der Waals surface area contributed by atoms with Crippen LogP contribution >= 0.6 is 0 Å². The van der Waals surface area contributed by atoms with Gasteiger partial charge in [0.15, 0.2) is 0 Å². The fourth-order valence-electron chi connectivity index (χ4n) is 15.6. The molecule has 0 radical (unpaired) electrons. The Morgan fingerprint density at radius 2 is 0.688 bits per heavy atom. The molecule has 1 aliphatic carbocycles. The summed E-state index contributed by atoms with van der Waals surface area (Å²) in [7, 11) is 0. The Morgan fingerprint density at radius 3 is 1.15 bits per heavy atom. The molecule has 13 aromatic carbocycles. The van der Waals surface area contributed by atoms with E-state index in [1.165, 1.54) is 89.3 Å². The average molecular weight is 1200 g/mol. The molecular formula is C89H68N2O2. The molecule has 0 saturated heterocycles. The lowest BCUT2D eigenvalue weighted by atomic mass is 9.71. The van der Waals surface area contributed by atoms with Crippen molar-refractivity contribution >= 4 is 78.0 Å². The summed E-state index contributed by atoms with van der Waals surface area (Å²) in [6.07, 6.45) is 0.884. The first kappa shape index (κ1) is 54.9. The molecule has 0 unspecified atom stereocenters. The maximum atomic E-state index is 6.47. The van der Waals surface area contributed by atoms with Gasteiger partial charge in [-0.05, 0) is 186 Å². The third kappa shape index (κ3) is 8.87. The third-order valence-corrected chi connectivity index (χ3v) is 20.3. The van der Waals surface area contributed by atoms with E-state index in [1.54, 1.807) is 0 Å². The van der Waals surface area contributed by atoms with Gasteiger partial charge in [-0.3, -0.25) is 0 Å². The van der Waals surface area contributed by atoms with Crippen molar-refractivity contribution in [1.29, 1.82) is 0 Å². The fourth-order valence-corrected chi connectivity index (χ4v) is 15.6. The van der Waals surface area contributed by atoms with E-state index in [1.807, 2.05) is 0 Å². The minimum Gasteiger partial charge on any atom is -0.456 e. The number of furan rings is 2. The lowest BCUT2D eigenvalue weighted by molar-refractivity contribution is 0.590. The molecule has 0 spiro atoms. The molecule has 0 bridgehead atoms. The van der Waals surface area contributed by atoms with Crippen molar-refractivity contribution in [1.82, 2.24) is 0 Å². The van der Waals surface area contributed by atoms with Gasteiger partial charge >= 0.3 is 0 Å². The number of fused-ring (bicyclic) bond motifs is 12. The minimum absolute atomic E-state index is 0.0722. The van der Waals surface area contributed by atoms with E-state index >= 15 is 0 Å². The summed E-state index contributed by atoms with van der Waals surface area (Å²) >= 11 is 0. The van der Waals surface area contributed by atoms with Crippen LogP contribution in [0.5, 0.6) is 0 Å². The number of rotatable bonds is 7. The van der Waals surface area contributed by atoms with Gasteiger partial charge < -0.3 is 18.6 Å². The summed E-state index contributed by atoms with van der Waals surface area (Å²) in [6, 6.07) is 105. The molecule has 0 atom stereocenters. The van der Waals surface area contributed by atoms with Gasteiger partial charge in [0.2, 0.25) is 0 Å². The largest absolute Gasteiger partial charge is 0.456 e. The molecule has 15 aromatic rings. The van der Waals surface area contributed by atoms with Crippen molar-refractivity contribution in [2.45, 2.75) is 70.6 Å². The third-order valence-electron chi connectivity index (χ3n) is 20.3. The van der Waals surface area contributed by atoms with Gasteiger partial charge in [0.25, 0.3) is 0 Å². The number of para-hydroxylation sites is 2. The Balaban J connectivity index is 0.982. The second-order valence-corrected chi connectivity index (χ2v) is 27.9. The van der Waals surface area contributed by atoms with Crippen LogP contribution in [-0.4, -0.2) is 0 Å². The summed E-state index contributed by atoms with van der Waals surface area (Å²) in [4.78, 5) is 5.34. The molecule has 0 amide bonds. The Labute approximate surface area is 543 Å². The van der Waals surface area contributed by atoms with Crippen molar-refractivity contribution in [3.8, 4) is 44.5 Å². The maximum Gasteiger partial charge on any atom is 0.135 e. The number of nitrogens with zero attached hydrogens (tertiary/aromatic N) is 2. The standard InChI is InChI=1S/C89H68N2O2/c1-88(2,3)63-37-41-75(71(52-63)54-21-9-7-10-22-54)90-77-48-58(56-35-43-83-73(46-56)67-29-17-19-31-81(67)92-83)33-39-69(77)86-70-40-34-59(57-36-44-84-74(47-57)68-30-18-20-32-82(68)93-84)49-78(70)91(76-42-38-64(89(4,5)6)53-72(76)55-23-11-8-12-24-55)80-51-62(50-79(90)87(80)86)85-65-27-15-13-25-60(65)45-61-26-14-16-28-66(61)85/h7-44,46-53,85-86H,45H2,1-6H3. The van der Waals surface area contributed by atoms with Gasteiger partial charge in [0.1, 0.15) is 22.3 Å². The Kier molecular flexibility index (Phi) is 12.3. The van der Waals surface area contributed by atoms with E-state index in [-0.39, 0.29) is 22.7 Å². The zero-order valence-corrected chi connectivity index (χ0v) is 53.1. The van der Waals surface area contributed by atoms with Gasteiger partial charge in [0, 0.05) is 50.1 Å². The zero-order valence-electron chi connectivity index (χ0n) is 53.1. The van der Waals surface area contributed by atoms with Crippen LogP contribution in [0.3, 0.4) is 0 Å². The van der Waals surface area contributed by atoms with Gasteiger partial charge in [0.05, 0.1) is 34.1 Å². The number of hydrogen-bond acceptors (Lipinski definition) is 4. The molecular weight excluding hydrogens is 1130 g/mol. The first-order valence-electron chi connectivity index (χ1n) is 32.8. The maximum absolute atomic E-state index is 6.47. The van der Waals surface area contributed by atoms with Crippen molar-refractivity contribution in [3.63, 3.8) is 0 Å². The predicted octanol–water partition coefficient (Wildman–Crippen LogP) is 24.6. The normalized spacial score (nSPS) is 13.7. The van der Waals surface area contributed by atoms with Crippen molar-refractivity contribution in [2.75, 3.05) is 9.80 Å². The molecule has 2 aromatic heterocycles. The topological polar surface area (TPSA) is 32.8 Å². The SMILES string of the molecule is CC(C)(C)c1ccc(N2c3cc(-c4ccc5oc6ccccc6c5c4)ccc3C3c4ccc(-c5ccc6oc7ccccc7c6c5)cc4N(c4ccc(C(C)(C)C)cc4-c4ccccc4)c4cc(C5c6ccccc6Cc6ccccc65)cc2c43)c(-c2ccccc2)c1. The molecule has 3 aliphatic rings. The lowest BCUT2D eigenvalue weighted by Gasteiger charge is -2.47. The van der Waals surface area contributed by atoms with Crippen molar-refractivity contribution < 1.29 is 8.83 Å². The van der Waals surface area contributed by atoms with E-state index < -0.39 is 0 Å². The number of benzene rings is 13. The highest BCUT2D eigenvalue weighted by Crippen LogP contribution is 2.64. The Bertz CT molecular complexity index is 5200. The molecule has 0 saturated carbocycles. The van der Waals surface area contributed by atoms with Crippen LogP contribution in [-0.2, 0) is 17.3 Å². The van der Waals surface area contributed by atoms with Crippen LogP contribution in [0.4, 0.5) is 34.1 Å². The Morgan fingerprint density at radius 1 is 0.290 bits per heavy atom. The molecule has 446 valence electrons. The first-order valence-corrected chi connectivity index (χ1v) is 32.8. The first-order chi connectivity index (χ1) is 45.4. The highest BCUT2D eigenvalue weighted by molar-refractivity contribution is 6.09. The van der Waals surface area contributed by atoms with E-state index in [4.69, 9.17) is 8.83 Å². The van der Waals surface area contributed by atoms with Gasteiger partial charge in [-0.1, -0.05) is 236 Å². The van der Waals surface area contributed by atoms with Crippen molar-refractivity contribution in [2.24, 2.45) is 0 Å². The summed E-state index contributed by atoms with van der Waals surface area (Å²) in [6.45, 7) is 14.0. The molecule has 0 N–H and O–H groups in total. The quantitative estimate of drug-likeness (QED) is 0.159. The van der Waals surface area contributed by atoms with E-state index in [0.717, 1.165) is 95.3 Å². The molecule has 4 heterocycles. The second-order valence-electron chi connectivity index (χ2n) is 27.9. The van der Waals surface area contributed by atoms with Crippen LogP contribution in [0.25, 0.3) is 88.4 Å². The Hall–Kier alpha value is -10.9. The molecule has 93 heavy (non-hydrogen) atoms. The summed E-state index contributed by atoms with van der Waals surface area (Å²) < 4.78 is 12.9. The van der Waals surface area contributed by atoms with Gasteiger partial charge in [-0.2, -0.15) is 0 Å². The molecule has 2 aliphatic heterocycles. The molecule has 4 nitrogen and oxygen atoms in total. The summed E-state index contributed by atoms with van der Waals surface area (Å²) in [5, 5.41) is 4.45. The van der Waals surface area contributed by atoms with Crippen LogP contribution in [0.15, 0.2) is 288 Å². The predicted molar refractivity (Wildman–Crippen MR) is 387 cm³/mol. The van der Waals surface area contributed by atoms with E-state index in [9.17, 15) is 0 Å². The number of anilines is 6. The summed E-state index contributed by atoms with van der Waals surface area (Å²) in [5.41, 5.74) is 32.4. The minimum atomic E-state index is -0.181. The van der Waals surface area contributed by atoms with E-state index in [2.05, 4.69) is 330 Å².